The second kappa shape index (κ2) is 5.60. The molecule has 3 unspecified atom stereocenters. The second-order valence-corrected chi connectivity index (χ2v) is 6.78. The van der Waals surface area contributed by atoms with Crippen LogP contribution in [0.1, 0.15) is 19.3 Å². The van der Waals surface area contributed by atoms with Gasteiger partial charge in [-0.15, -0.1) is 0 Å². The fourth-order valence-electron chi connectivity index (χ4n) is 3.33. The highest BCUT2D eigenvalue weighted by molar-refractivity contribution is 7.99. The first-order valence-corrected chi connectivity index (χ1v) is 8.14. The van der Waals surface area contributed by atoms with Crippen LogP contribution >= 0.6 is 11.8 Å². The molecule has 3 aliphatic heterocycles. The summed E-state index contributed by atoms with van der Waals surface area (Å²) in [4.78, 5) is 13.4. The summed E-state index contributed by atoms with van der Waals surface area (Å²) in [5.74, 6) is 1.44. The Kier molecular flexibility index (Phi) is 4.03. The van der Waals surface area contributed by atoms with Crippen molar-refractivity contribution in [2.45, 2.75) is 37.0 Å². The average molecular weight is 287 g/mol. The molecule has 0 amide bonds. The van der Waals surface area contributed by atoms with Crippen molar-refractivity contribution >= 4 is 17.7 Å². The molecule has 0 radical (unpaired) electrons. The van der Waals surface area contributed by atoms with Gasteiger partial charge in [0.05, 0.1) is 12.2 Å². The summed E-state index contributed by atoms with van der Waals surface area (Å²) < 4.78 is 11.3. The maximum Gasteiger partial charge on any atom is 0.334 e. The van der Waals surface area contributed by atoms with Crippen LogP contribution in [0.25, 0.3) is 0 Å². The third-order valence-corrected chi connectivity index (χ3v) is 5.65. The molecular formula is C13H21NO4S. The molecule has 3 fully saturated rings. The van der Waals surface area contributed by atoms with Gasteiger partial charge in [0.25, 0.3) is 0 Å². The summed E-state index contributed by atoms with van der Waals surface area (Å²) in [6.45, 7) is 2.69. The standard InChI is InChI=1S/C13H21NO4S/c15-12(16)11-8-14(3-5-17-11)10-1-4-18-13(7-10)2-6-19-9-13/h10-11H,1-9H2,(H,15,16). The van der Waals surface area contributed by atoms with E-state index in [2.05, 4.69) is 4.90 Å². The van der Waals surface area contributed by atoms with E-state index < -0.39 is 12.1 Å². The Balaban J connectivity index is 1.63. The van der Waals surface area contributed by atoms with Crippen molar-refractivity contribution in [3.63, 3.8) is 0 Å². The molecule has 0 aliphatic carbocycles. The Morgan fingerprint density at radius 1 is 1.42 bits per heavy atom. The monoisotopic (exact) mass is 287 g/mol. The third-order valence-electron chi connectivity index (χ3n) is 4.42. The first kappa shape index (κ1) is 13.7. The number of morpholine rings is 1. The van der Waals surface area contributed by atoms with E-state index in [9.17, 15) is 4.79 Å². The van der Waals surface area contributed by atoms with Crippen LogP contribution < -0.4 is 0 Å². The lowest BCUT2D eigenvalue weighted by Gasteiger charge is -2.44. The van der Waals surface area contributed by atoms with Crippen LogP contribution in [-0.2, 0) is 14.3 Å². The number of thioether (sulfide) groups is 1. The van der Waals surface area contributed by atoms with E-state index >= 15 is 0 Å². The molecule has 19 heavy (non-hydrogen) atoms. The van der Waals surface area contributed by atoms with Crippen LogP contribution in [0.5, 0.6) is 0 Å². The van der Waals surface area contributed by atoms with Crippen molar-refractivity contribution < 1.29 is 19.4 Å². The van der Waals surface area contributed by atoms with Crippen molar-refractivity contribution in [3.8, 4) is 0 Å². The number of carboxylic acid groups (broad SMARTS) is 1. The van der Waals surface area contributed by atoms with Gasteiger partial charge in [0.1, 0.15) is 0 Å². The fourth-order valence-corrected chi connectivity index (χ4v) is 4.71. The van der Waals surface area contributed by atoms with E-state index in [0.717, 1.165) is 38.2 Å². The summed E-state index contributed by atoms with van der Waals surface area (Å²) in [5.41, 5.74) is 0.0601. The normalized spacial score (nSPS) is 40.6. The van der Waals surface area contributed by atoms with E-state index in [1.807, 2.05) is 11.8 Å². The van der Waals surface area contributed by atoms with Gasteiger partial charge in [0.15, 0.2) is 6.10 Å². The molecule has 5 nitrogen and oxygen atoms in total. The van der Waals surface area contributed by atoms with E-state index in [4.69, 9.17) is 14.6 Å². The first-order valence-electron chi connectivity index (χ1n) is 6.99. The first-order chi connectivity index (χ1) is 9.19. The second-order valence-electron chi connectivity index (χ2n) is 5.67. The van der Waals surface area contributed by atoms with Crippen LogP contribution in [0.3, 0.4) is 0 Å². The molecule has 0 aromatic heterocycles. The Morgan fingerprint density at radius 3 is 3.05 bits per heavy atom. The summed E-state index contributed by atoms with van der Waals surface area (Å²) in [5, 5.41) is 9.08. The topological polar surface area (TPSA) is 59.0 Å². The molecule has 1 N–H and O–H groups in total. The zero-order valence-corrected chi connectivity index (χ0v) is 11.9. The summed E-state index contributed by atoms with van der Waals surface area (Å²) in [6.07, 6.45) is 2.54. The maximum absolute atomic E-state index is 11.1. The highest BCUT2D eigenvalue weighted by atomic mass is 32.2. The Bertz CT molecular complexity index is 346. The van der Waals surface area contributed by atoms with Gasteiger partial charge < -0.3 is 14.6 Å². The smallest absolute Gasteiger partial charge is 0.334 e. The van der Waals surface area contributed by atoms with Crippen LogP contribution in [0, 0.1) is 0 Å². The van der Waals surface area contributed by atoms with Crippen molar-refractivity contribution in [3.05, 3.63) is 0 Å². The molecule has 3 heterocycles. The highest BCUT2D eigenvalue weighted by Crippen LogP contribution is 2.39. The van der Waals surface area contributed by atoms with Gasteiger partial charge in [-0.2, -0.15) is 11.8 Å². The molecule has 0 saturated carbocycles. The summed E-state index contributed by atoms with van der Waals surface area (Å²) >= 11 is 1.97. The lowest BCUT2D eigenvalue weighted by molar-refractivity contribution is -0.160. The molecule has 3 rings (SSSR count). The third kappa shape index (κ3) is 2.91. The van der Waals surface area contributed by atoms with Crippen molar-refractivity contribution in [2.75, 3.05) is 37.8 Å². The zero-order valence-electron chi connectivity index (χ0n) is 11.0. The molecule has 1 spiro atoms. The van der Waals surface area contributed by atoms with E-state index in [0.29, 0.717) is 19.2 Å². The Hall–Kier alpha value is -0.300. The number of aliphatic carboxylic acids is 1. The minimum atomic E-state index is -0.845. The number of carboxylic acids is 1. The fraction of sp³-hybridized carbons (Fsp3) is 0.923. The van der Waals surface area contributed by atoms with Gasteiger partial charge in [0.2, 0.25) is 0 Å². The number of rotatable bonds is 2. The predicted molar refractivity (Wildman–Crippen MR) is 72.6 cm³/mol. The highest BCUT2D eigenvalue weighted by Gasteiger charge is 2.43. The van der Waals surface area contributed by atoms with Gasteiger partial charge in [0, 0.05) is 31.5 Å². The molecular weight excluding hydrogens is 266 g/mol. The van der Waals surface area contributed by atoms with Crippen molar-refractivity contribution in [1.29, 1.82) is 0 Å². The van der Waals surface area contributed by atoms with Crippen molar-refractivity contribution in [2.24, 2.45) is 0 Å². The van der Waals surface area contributed by atoms with Gasteiger partial charge >= 0.3 is 5.97 Å². The van der Waals surface area contributed by atoms with Crippen LogP contribution in [0.4, 0.5) is 0 Å². The quantitative estimate of drug-likeness (QED) is 0.812. The molecule has 3 atom stereocenters. The molecule has 3 aliphatic rings. The van der Waals surface area contributed by atoms with E-state index in [-0.39, 0.29) is 5.60 Å². The largest absolute Gasteiger partial charge is 0.479 e. The molecule has 6 heteroatoms. The van der Waals surface area contributed by atoms with Gasteiger partial charge in [-0.3, -0.25) is 4.90 Å². The van der Waals surface area contributed by atoms with Gasteiger partial charge in [-0.1, -0.05) is 0 Å². The predicted octanol–water partition coefficient (Wildman–Crippen LogP) is 0.826. The summed E-state index contributed by atoms with van der Waals surface area (Å²) in [6, 6.07) is 0.457. The number of hydrogen-bond acceptors (Lipinski definition) is 5. The molecule has 3 saturated heterocycles. The number of ether oxygens (including phenoxy) is 2. The molecule has 108 valence electrons. The Morgan fingerprint density at radius 2 is 2.32 bits per heavy atom. The average Bonchev–Trinajstić information content (AvgIpc) is 2.87. The summed E-state index contributed by atoms with van der Waals surface area (Å²) in [7, 11) is 0. The molecule has 0 bridgehead atoms. The number of hydrogen-bond donors (Lipinski definition) is 1. The molecule has 0 aromatic carbocycles. The minimum Gasteiger partial charge on any atom is -0.479 e. The Labute approximate surface area is 117 Å². The van der Waals surface area contributed by atoms with Crippen LogP contribution in [0.2, 0.25) is 0 Å². The van der Waals surface area contributed by atoms with Gasteiger partial charge in [-0.25, -0.2) is 4.79 Å². The molecule has 0 aromatic rings. The zero-order chi connectivity index (χ0) is 13.3. The minimum absolute atomic E-state index is 0.0601. The maximum atomic E-state index is 11.1. The lowest BCUT2D eigenvalue weighted by Crippen LogP contribution is -2.55. The SMILES string of the molecule is O=C(O)C1CN(C2CCOC3(CCSC3)C2)CCO1. The number of nitrogens with zero attached hydrogens (tertiary/aromatic N) is 1. The van der Waals surface area contributed by atoms with E-state index in [1.54, 1.807) is 0 Å². The van der Waals surface area contributed by atoms with Crippen LogP contribution in [-0.4, -0.2) is 71.5 Å². The number of carbonyl (C=O) groups is 1. The van der Waals surface area contributed by atoms with E-state index in [1.165, 1.54) is 5.75 Å². The lowest BCUT2D eigenvalue weighted by atomic mass is 9.88. The van der Waals surface area contributed by atoms with Gasteiger partial charge in [-0.05, 0) is 25.0 Å². The van der Waals surface area contributed by atoms with Crippen LogP contribution in [0.15, 0.2) is 0 Å². The van der Waals surface area contributed by atoms with Crippen molar-refractivity contribution in [1.82, 2.24) is 4.90 Å².